The number of hydrogen-bond acceptors (Lipinski definition) is 9. The van der Waals surface area contributed by atoms with E-state index in [4.69, 9.17) is 24.1 Å². The summed E-state index contributed by atoms with van der Waals surface area (Å²) in [6.45, 7) is 5.46. The van der Waals surface area contributed by atoms with Crippen LogP contribution in [0, 0.1) is 23.7 Å². The zero-order valence-corrected chi connectivity index (χ0v) is 26.2. The highest BCUT2D eigenvalue weighted by Gasteiger charge is 2.17. The van der Waals surface area contributed by atoms with E-state index in [0.29, 0.717) is 13.0 Å². The molecule has 0 aromatic heterocycles. The Balaban J connectivity index is 0.000000410. The predicted octanol–water partition coefficient (Wildman–Crippen LogP) is 4.56. The largest absolute Gasteiger partial charge is 0.451 e. The van der Waals surface area contributed by atoms with E-state index >= 15 is 0 Å². The van der Waals surface area contributed by atoms with Gasteiger partial charge >= 0.3 is 24.0 Å². The second-order valence-electron chi connectivity index (χ2n) is 9.87. The van der Waals surface area contributed by atoms with Gasteiger partial charge in [-0.15, -0.1) is 0 Å². The molecule has 3 atom stereocenters. The quantitative estimate of drug-likeness (QED) is 0.134. The molecule has 0 unspecified atom stereocenters. The van der Waals surface area contributed by atoms with Crippen molar-refractivity contribution in [3.63, 3.8) is 0 Å². The van der Waals surface area contributed by atoms with Crippen LogP contribution in [0.4, 0.5) is 4.79 Å². The first-order valence-electron chi connectivity index (χ1n) is 14.8. The number of ether oxygens (including phenoxy) is 4. The molecule has 10 heteroatoms. The van der Waals surface area contributed by atoms with Gasteiger partial charge in [0.15, 0.2) is 6.10 Å². The van der Waals surface area contributed by atoms with Crippen molar-refractivity contribution in [2.24, 2.45) is 0 Å². The normalized spacial score (nSPS) is 14.6. The molecular weight excluding hydrogens is 590 g/mol. The maximum absolute atomic E-state index is 12.0. The summed E-state index contributed by atoms with van der Waals surface area (Å²) in [7, 11) is 0. The number of benzene rings is 2. The van der Waals surface area contributed by atoms with Crippen LogP contribution < -0.4 is 5.32 Å². The Morgan fingerprint density at radius 3 is 2.00 bits per heavy atom. The lowest BCUT2D eigenvalue weighted by Crippen LogP contribution is -2.36. The third-order valence-corrected chi connectivity index (χ3v) is 5.91. The van der Waals surface area contributed by atoms with Crippen LogP contribution >= 0.6 is 0 Å². The summed E-state index contributed by atoms with van der Waals surface area (Å²) in [4.78, 5) is 46.2. The van der Waals surface area contributed by atoms with Crippen molar-refractivity contribution < 1.29 is 43.2 Å². The van der Waals surface area contributed by atoms with E-state index in [-0.39, 0.29) is 19.3 Å². The minimum Gasteiger partial charge on any atom is -0.451 e. The number of nitrogens with one attached hydrogen (secondary N) is 1. The molecule has 0 saturated carbocycles. The maximum Gasteiger partial charge on any atom is 0.407 e. The Morgan fingerprint density at radius 1 is 0.891 bits per heavy atom. The monoisotopic (exact) mass is 629 g/mol. The topological polar surface area (TPSA) is 137 Å². The summed E-state index contributed by atoms with van der Waals surface area (Å²) in [6.07, 6.45) is 5.18. The van der Waals surface area contributed by atoms with Crippen molar-refractivity contribution in [2.75, 3.05) is 6.61 Å². The van der Waals surface area contributed by atoms with Crippen molar-refractivity contribution in [3.8, 4) is 23.7 Å². The fourth-order valence-corrected chi connectivity index (χ4v) is 3.80. The molecule has 3 rings (SSSR count). The van der Waals surface area contributed by atoms with E-state index in [1.165, 1.54) is 13.0 Å². The molecule has 0 fully saturated rings. The Hall–Kier alpha value is -5.32. The van der Waals surface area contributed by atoms with Gasteiger partial charge in [-0.05, 0) is 62.7 Å². The van der Waals surface area contributed by atoms with E-state index in [1.54, 1.807) is 19.9 Å². The Kier molecular flexibility index (Phi) is 17.1. The summed E-state index contributed by atoms with van der Waals surface area (Å²) in [5.74, 6) is 7.50. The molecular formula is C36H39NO9. The van der Waals surface area contributed by atoms with E-state index in [0.717, 1.165) is 29.5 Å². The molecule has 2 aromatic rings. The van der Waals surface area contributed by atoms with Gasteiger partial charge in [-0.3, -0.25) is 0 Å². The van der Waals surface area contributed by atoms with Crippen LogP contribution in [0.3, 0.4) is 0 Å². The van der Waals surface area contributed by atoms with Crippen molar-refractivity contribution in [1.82, 2.24) is 5.32 Å². The van der Waals surface area contributed by atoms with Crippen LogP contribution in [0.1, 0.15) is 51.2 Å². The molecule has 2 aromatic carbocycles. The number of rotatable bonds is 9. The number of esters is 3. The molecule has 2 N–H and O–H groups in total. The average molecular weight is 630 g/mol. The fourth-order valence-electron chi connectivity index (χ4n) is 3.80. The molecule has 46 heavy (non-hydrogen) atoms. The summed E-state index contributed by atoms with van der Waals surface area (Å²) >= 11 is 0. The third-order valence-electron chi connectivity index (χ3n) is 5.91. The van der Waals surface area contributed by atoms with Crippen LogP contribution in [0.5, 0.6) is 0 Å². The van der Waals surface area contributed by atoms with Gasteiger partial charge in [-0.1, -0.05) is 78.7 Å². The first-order chi connectivity index (χ1) is 22.1. The minimum absolute atomic E-state index is 0.0357. The van der Waals surface area contributed by atoms with Gasteiger partial charge in [-0.25, -0.2) is 19.2 Å². The highest BCUT2D eigenvalue weighted by Crippen LogP contribution is 2.19. The Labute approximate surface area is 269 Å². The second-order valence-corrected chi connectivity index (χ2v) is 9.87. The van der Waals surface area contributed by atoms with Gasteiger partial charge in [0.05, 0.1) is 6.61 Å². The molecule has 0 spiro atoms. The van der Waals surface area contributed by atoms with Gasteiger partial charge in [0.1, 0.15) is 19.3 Å². The third kappa shape index (κ3) is 17.1. The lowest BCUT2D eigenvalue weighted by Gasteiger charge is -2.22. The van der Waals surface area contributed by atoms with Crippen LogP contribution in [-0.2, 0) is 46.5 Å². The van der Waals surface area contributed by atoms with Gasteiger partial charge in [0.25, 0.3) is 0 Å². The summed E-state index contributed by atoms with van der Waals surface area (Å²) < 4.78 is 20.0. The van der Waals surface area contributed by atoms with Gasteiger partial charge in [-0.2, -0.15) is 0 Å². The SMILES string of the molecule is CCOC(=O)N[C@@H]1CCC=C(/C=C/C(=O)O[C@H](C)C#CC(=O)OCc2ccccc2)C1.C[C@@H](O)C#CC(=O)OCc1ccccc1. The smallest absolute Gasteiger partial charge is 0.407 e. The van der Waals surface area contributed by atoms with Gasteiger partial charge in [0, 0.05) is 24.0 Å². The average Bonchev–Trinajstić information content (AvgIpc) is 3.05. The highest BCUT2D eigenvalue weighted by molar-refractivity contribution is 5.89. The number of alkyl carbamates (subject to hydrolysis) is 1. The van der Waals surface area contributed by atoms with Crippen molar-refractivity contribution >= 4 is 24.0 Å². The summed E-state index contributed by atoms with van der Waals surface area (Å²) in [5, 5.41) is 11.6. The molecule has 10 nitrogen and oxygen atoms in total. The van der Waals surface area contributed by atoms with E-state index < -0.39 is 36.2 Å². The number of hydrogen-bond donors (Lipinski definition) is 2. The summed E-state index contributed by atoms with van der Waals surface area (Å²) in [6, 6.07) is 18.6. The molecule has 1 amide bonds. The summed E-state index contributed by atoms with van der Waals surface area (Å²) in [5.41, 5.74) is 2.69. The standard InChI is InChI=1S/C24H27NO6.C12H12O3/c1-3-29-24(28)25-21-11-7-10-19(16-21)13-15-23(27)31-18(2)12-14-22(26)30-17-20-8-5-4-6-9-20;1-10(13)7-8-12(14)15-9-11-5-3-2-4-6-11/h4-6,8-10,13,15,18,21H,3,7,11,16-17H2,1-2H3,(H,25,28);2-6,10,13H,9H2,1H3/b15-13+;/t18-,21-;10-/m11/s1. The molecule has 0 bridgehead atoms. The van der Waals surface area contributed by atoms with Crippen LogP contribution in [0.2, 0.25) is 0 Å². The van der Waals surface area contributed by atoms with E-state index in [2.05, 4.69) is 29.0 Å². The zero-order chi connectivity index (χ0) is 33.6. The number of carbonyl (C=O) groups excluding carboxylic acids is 4. The van der Waals surface area contributed by atoms with Crippen LogP contribution in [0.25, 0.3) is 0 Å². The highest BCUT2D eigenvalue weighted by atomic mass is 16.6. The Bertz CT molecular complexity index is 1460. The molecule has 1 aliphatic carbocycles. The van der Waals surface area contributed by atoms with Crippen molar-refractivity contribution in [1.29, 1.82) is 0 Å². The lowest BCUT2D eigenvalue weighted by atomic mass is 9.94. The number of carbonyl (C=O) groups is 4. The maximum atomic E-state index is 12.0. The van der Waals surface area contributed by atoms with Crippen molar-refractivity contribution in [3.05, 3.63) is 95.6 Å². The second kappa shape index (κ2) is 21.4. The van der Waals surface area contributed by atoms with E-state index in [9.17, 15) is 19.2 Å². The molecule has 242 valence electrons. The number of allylic oxidation sites excluding steroid dienone is 2. The predicted molar refractivity (Wildman–Crippen MR) is 170 cm³/mol. The number of amides is 1. The minimum atomic E-state index is -0.811. The fraction of sp³-hybridized carbons (Fsp3) is 0.333. The zero-order valence-electron chi connectivity index (χ0n) is 26.2. The van der Waals surface area contributed by atoms with Crippen LogP contribution in [-0.4, -0.2) is 54.0 Å². The molecule has 1 aliphatic rings. The van der Waals surface area contributed by atoms with Crippen molar-refractivity contribution in [2.45, 2.75) is 71.5 Å². The molecule has 0 radical (unpaired) electrons. The number of aliphatic hydroxyl groups is 1. The molecule has 0 saturated heterocycles. The molecule has 0 heterocycles. The van der Waals surface area contributed by atoms with Crippen LogP contribution in [0.15, 0.2) is 84.5 Å². The first kappa shape index (κ1) is 36.9. The molecule has 0 aliphatic heterocycles. The lowest BCUT2D eigenvalue weighted by molar-refractivity contribution is -0.140. The van der Waals surface area contributed by atoms with Gasteiger partial charge in [0.2, 0.25) is 0 Å². The Morgan fingerprint density at radius 2 is 1.46 bits per heavy atom. The number of aliphatic hydroxyl groups excluding tert-OH is 1. The first-order valence-corrected chi connectivity index (χ1v) is 14.8. The van der Waals surface area contributed by atoms with Gasteiger partial charge < -0.3 is 29.4 Å². The van der Waals surface area contributed by atoms with E-state index in [1.807, 2.05) is 66.7 Å².